The molecule has 0 amide bonds. The number of piperidine rings is 1. The second kappa shape index (κ2) is 6.80. The van der Waals surface area contributed by atoms with Gasteiger partial charge in [0.15, 0.2) is 11.6 Å². The molecule has 0 bridgehead atoms. The molecule has 0 saturated carbocycles. The minimum atomic E-state index is -0.246. The lowest BCUT2D eigenvalue weighted by atomic mass is 10.1. The van der Waals surface area contributed by atoms with Gasteiger partial charge in [-0.15, -0.1) is 0 Å². The molecule has 1 N–H and O–H groups in total. The zero-order chi connectivity index (χ0) is 13.7. The summed E-state index contributed by atoms with van der Waals surface area (Å²) < 4.78 is 14.4. The molecule has 1 aliphatic heterocycles. The molecule has 1 fully saturated rings. The molecule has 106 valence electrons. The van der Waals surface area contributed by atoms with Crippen LogP contribution >= 0.6 is 0 Å². The van der Waals surface area contributed by atoms with Crippen molar-refractivity contribution in [3.05, 3.63) is 17.8 Å². The average Bonchev–Trinajstić information content (AvgIpc) is 2.46. The van der Waals surface area contributed by atoms with Gasteiger partial charge in [0.1, 0.15) is 6.33 Å². The lowest BCUT2D eigenvalue weighted by molar-refractivity contribution is 0.423. The average molecular weight is 266 g/mol. The SMILES string of the molecule is CCCN(c1ncnc(CC)c1F)C1CCCNC1. The van der Waals surface area contributed by atoms with Crippen molar-refractivity contribution < 1.29 is 4.39 Å². The van der Waals surface area contributed by atoms with Crippen molar-refractivity contribution in [3.63, 3.8) is 0 Å². The number of hydrogen-bond acceptors (Lipinski definition) is 4. The van der Waals surface area contributed by atoms with Crippen LogP contribution in [0.5, 0.6) is 0 Å². The Hall–Kier alpha value is -1.23. The highest BCUT2D eigenvalue weighted by molar-refractivity contribution is 5.42. The number of aromatic nitrogens is 2. The summed E-state index contributed by atoms with van der Waals surface area (Å²) in [5.74, 6) is 0.228. The van der Waals surface area contributed by atoms with Crippen LogP contribution in [0.1, 0.15) is 38.8 Å². The van der Waals surface area contributed by atoms with E-state index < -0.39 is 0 Å². The van der Waals surface area contributed by atoms with Gasteiger partial charge in [-0.3, -0.25) is 0 Å². The van der Waals surface area contributed by atoms with Crippen LogP contribution in [0.2, 0.25) is 0 Å². The lowest BCUT2D eigenvalue weighted by Crippen LogP contribution is -2.47. The van der Waals surface area contributed by atoms with Crippen LogP contribution in [-0.2, 0) is 6.42 Å². The van der Waals surface area contributed by atoms with Crippen LogP contribution in [-0.4, -0.2) is 35.6 Å². The summed E-state index contributed by atoms with van der Waals surface area (Å²) in [5.41, 5.74) is 0.509. The van der Waals surface area contributed by atoms with Gasteiger partial charge in [-0.25, -0.2) is 14.4 Å². The number of nitrogens with zero attached hydrogens (tertiary/aromatic N) is 3. The smallest absolute Gasteiger partial charge is 0.187 e. The van der Waals surface area contributed by atoms with E-state index in [1.54, 1.807) is 0 Å². The maximum absolute atomic E-state index is 14.4. The summed E-state index contributed by atoms with van der Waals surface area (Å²) in [4.78, 5) is 10.3. The van der Waals surface area contributed by atoms with Gasteiger partial charge in [0, 0.05) is 19.1 Å². The van der Waals surface area contributed by atoms with Crippen LogP contribution in [0, 0.1) is 5.82 Å². The normalized spacial score (nSPS) is 19.4. The molecule has 1 atom stereocenters. The predicted octanol–water partition coefficient (Wildman–Crippen LogP) is 2.15. The van der Waals surface area contributed by atoms with Crippen LogP contribution in [0.25, 0.3) is 0 Å². The van der Waals surface area contributed by atoms with Crippen LogP contribution in [0.3, 0.4) is 0 Å². The third-order valence-corrected chi connectivity index (χ3v) is 3.63. The molecule has 1 aliphatic rings. The highest BCUT2D eigenvalue weighted by Gasteiger charge is 2.25. The van der Waals surface area contributed by atoms with Gasteiger partial charge in [-0.2, -0.15) is 0 Å². The van der Waals surface area contributed by atoms with E-state index in [4.69, 9.17) is 0 Å². The van der Waals surface area contributed by atoms with Crippen molar-refractivity contribution in [2.24, 2.45) is 0 Å². The molecule has 2 heterocycles. The second-order valence-electron chi connectivity index (χ2n) is 5.01. The van der Waals surface area contributed by atoms with Crippen LogP contribution < -0.4 is 10.2 Å². The molecule has 1 aromatic heterocycles. The predicted molar refractivity (Wildman–Crippen MR) is 74.9 cm³/mol. The highest BCUT2D eigenvalue weighted by Crippen LogP contribution is 2.23. The van der Waals surface area contributed by atoms with Gasteiger partial charge in [-0.1, -0.05) is 13.8 Å². The number of aryl methyl sites for hydroxylation is 1. The first-order chi connectivity index (χ1) is 9.27. The standard InChI is InChI=1S/C14H23FN4/c1-3-8-19(11-6-5-7-16-9-11)14-13(15)12(4-2)17-10-18-14/h10-11,16H,3-9H2,1-2H3. The van der Waals surface area contributed by atoms with Crippen molar-refractivity contribution >= 4 is 5.82 Å². The molecule has 0 aliphatic carbocycles. The van der Waals surface area contributed by atoms with E-state index in [2.05, 4.69) is 27.1 Å². The summed E-state index contributed by atoms with van der Waals surface area (Å²) in [6, 6.07) is 0.336. The monoisotopic (exact) mass is 266 g/mol. The molecular formula is C14H23FN4. The fourth-order valence-corrected chi connectivity index (χ4v) is 2.64. The first-order valence-electron chi connectivity index (χ1n) is 7.24. The van der Waals surface area contributed by atoms with Crippen molar-refractivity contribution in [2.45, 2.75) is 45.6 Å². The summed E-state index contributed by atoms with van der Waals surface area (Å²) in [6.07, 6.45) is 5.30. The number of halogens is 1. The fourth-order valence-electron chi connectivity index (χ4n) is 2.64. The van der Waals surface area contributed by atoms with Gasteiger partial charge >= 0.3 is 0 Å². The molecule has 0 spiro atoms. The molecule has 0 aromatic carbocycles. The van der Waals surface area contributed by atoms with Gasteiger partial charge in [-0.05, 0) is 32.2 Å². The van der Waals surface area contributed by atoms with Crippen LogP contribution in [0.4, 0.5) is 10.2 Å². The zero-order valence-electron chi connectivity index (χ0n) is 11.8. The minimum absolute atomic E-state index is 0.246. The van der Waals surface area contributed by atoms with Gasteiger partial charge in [0.25, 0.3) is 0 Å². The van der Waals surface area contributed by atoms with Gasteiger partial charge in [0.2, 0.25) is 0 Å². The quantitative estimate of drug-likeness (QED) is 0.886. The molecule has 1 unspecified atom stereocenters. The van der Waals surface area contributed by atoms with Crippen LogP contribution in [0.15, 0.2) is 6.33 Å². The maximum Gasteiger partial charge on any atom is 0.187 e. The third-order valence-electron chi connectivity index (χ3n) is 3.63. The first kappa shape index (κ1) is 14.2. The van der Waals surface area contributed by atoms with E-state index in [1.165, 1.54) is 6.33 Å². The first-order valence-corrected chi connectivity index (χ1v) is 7.24. The topological polar surface area (TPSA) is 41.1 Å². The van der Waals surface area contributed by atoms with E-state index in [0.29, 0.717) is 24.0 Å². The van der Waals surface area contributed by atoms with Gasteiger partial charge < -0.3 is 10.2 Å². The molecule has 0 radical (unpaired) electrons. The summed E-state index contributed by atoms with van der Waals surface area (Å²) in [5, 5.41) is 3.38. The number of rotatable bonds is 5. The molecule has 1 saturated heterocycles. The Balaban J connectivity index is 2.27. The van der Waals surface area contributed by atoms with Crippen molar-refractivity contribution in [1.82, 2.24) is 15.3 Å². The molecule has 2 rings (SSSR count). The Morgan fingerprint density at radius 3 is 2.89 bits per heavy atom. The summed E-state index contributed by atoms with van der Waals surface area (Å²) >= 11 is 0. The highest BCUT2D eigenvalue weighted by atomic mass is 19.1. The minimum Gasteiger partial charge on any atom is -0.350 e. The summed E-state index contributed by atoms with van der Waals surface area (Å²) in [7, 11) is 0. The second-order valence-corrected chi connectivity index (χ2v) is 5.01. The van der Waals surface area contributed by atoms with Gasteiger partial charge in [0.05, 0.1) is 5.69 Å². The molecule has 1 aromatic rings. The Morgan fingerprint density at radius 2 is 2.26 bits per heavy atom. The number of hydrogen-bond donors (Lipinski definition) is 1. The molecule has 4 nitrogen and oxygen atoms in total. The van der Waals surface area contributed by atoms with E-state index in [0.717, 1.165) is 38.9 Å². The number of anilines is 1. The lowest BCUT2D eigenvalue weighted by Gasteiger charge is -2.35. The van der Waals surface area contributed by atoms with Crippen molar-refractivity contribution in [3.8, 4) is 0 Å². The Bertz CT molecular complexity index is 404. The van der Waals surface area contributed by atoms with E-state index >= 15 is 0 Å². The van der Waals surface area contributed by atoms with E-state index in [1.807, 2.05) is 6.92 Å². The third kappa shape index (κ3) is 3.21. The van der Waals surface area contributed by atoms with E-state index in [9.17, 15) is 4.39 Å². The van der Waals surface area contributed by atoms with Crippen molar-refractivity contribution in [1.29, 1.82) is 0 Å². The number of nitrogens with one attached hydrogen (secondary N) is 1. The maximum atomic E-state index is 14.4. The molecule has 5 heteroatoms. The Kier molecular flexibility index (Phi) is 5.07. The largest absolute Gasteiger partial charge is 0.350 e. The zero-order valence-corrected chi connectivity index (χ0v) is 11.8. The summed E-state index contributed by atoms with van der Waals surface area (Å²) in [6.45, 7) is 6.84. The Morgan fingerprint density at radius 1 is 1.42 bits per heavy atom. The Labute approximate surface area is 114 Å². The van der Waals surface area contributed by atoms with E-state index in [-0.39, 0.29) is 5.82 Å². The van der Waals surface area contributed by atoms with Crippen molar-refractivity contribution in [2.75, 3.05) is 24.5 Å². The molecule has 19 heavy (non-hydrogen) atoms. The fraction of sp³-hybridized carbons (Fsp3) is 0.714. The molecular weight excluding hydrogens is 243 g/mol.